The molecule has 1 unspecified atom stereocenters. The molecule has 0 aliphatic heterocycles. The highest BCUT2D eigenvalue weighted by Gasteiger charge is 2.17. The molecule has 1 atom stereocenters. The van der Waals surface area contributed by atoms with Crippen molar-refractivity contribution in [3.05, 3.63) is 33.0 Å². The van der Waals surface area contributed by atoms with E-state index < -0.39 is 0 Å². The van der Waals surface area contributed by atoms with Crippen LogP contribution >= 0.6 is 22.9 Å². The van der Waals surface area contributed by atoms with Crippen molar-refractivity contribution in [2.24, 2.45) is 0 Å². The van der Waals surface area contributed by atoms with Crippen molar-refractivity contribution in [2.75, 3.05) is 6.54 Å². The standard InChI is InChI=1S/C12H17N3S2/c1-3-5-13-11(7-10-4-6-16-8-10)12-9(2)14-15-17-12/h4,6,8,11,13H,3,5,7H2,1-2H3. The maximum atomic E-state index is 4.11. The Morgan fingerprint density at radius 3 is 2.94 bits per heavy atom. The van der Waals surface area contributed by atoms with E-state index in [9.17, 15) is 0 Å². The van der Waals surface area contributed by atoms with Crippen molar-refractivity contribution in [1.29, 1.82) is 0 Å². The number of thiophene rings is 1. The molecule has 0 bridgehead atoms. The van der Waals surface area contributed by atoms with Gasteiger partial charge < -0.3 is 5.32 Å². The number of hydrogen-bond acceptors (Lipinski definition) is 5. The smallest absolute Gasteiger partial charge is 0.0772 e. The van der Waals surface area contributed by atoms with Crippen LogP contribution in [0.4, 0.5) is 0 Å². The number of aryl methyl sites for hydroxylation is 1. The zero-order chi connectivity index (χ0) is 12.1. The molecular formula is C12H17N3S2. The first-order chi connectivity index (χ1) is 8.31. The molecule has 2 aromatic rings. The quantitative estimate of drug-likeness (QED) is 0.873. The fraction of sp³-hybridized carbons (Fsp3) is 0.500. The van der Waals surface area contributed by atoms with Crippen molar-refractivity contribution in [1.82, 2.24) is 14.9 Å². The van der Waals surface area contributed by atoms with Crippen molar-refractivity contribution >= 4 is 22.9 Å². The van der Waals surface area contributed by atoms with Crippen LogP contribution in [0.3, 0.4) is 0 Å². The summed E-state index contributed by atoms with van der Waals surface area (Å²) in [5.74, 6) is 0. The highest BCUT2D eigenvalue weighted by molar-refractivity contribution is 7.08. The van der Waals surface area contributed by atoms with Crippen molar-refractivity contribution in [2.45, 2.75) is 32.7 Å². The number of aromatic nitrogens is 2. The van der Waals surface area contributed by atoms with Gasteiger partial charge in [-0.25, -0.2) is 0 Å². The molecule has 0 spiro atoms. The molecule has 0 radical (unpaired) electrons. The van der Waals surface area contributed by atoms with E-state index in [-0.39, 0.29) is 0 Å². The van der Waals surface area contributed by atoms with E-state index >= 15 is 0 Å². The van der Waals surface area contributed by atoms with Crippen LogP contribution in [0.1, 0.15) is 35.5 Å². The summed E-state index contributed by atoms with van der Waals surface area (Å²) < 4.78 is 4.03. The van der Waals surface area contributed by atoms with Crippen LogP contribution in [0.2, 0.25) is 0 Å². The Bertz CT molecular complexity index is 436. The molecule has 0 amide bonds. The Morgan fingerprint density at radius 1 is 1.47 bits per heavy atom. The van der Waals surface area contributed by atoms with Gasteiger partial charge in [0, 0.05) is 6.04 Å². The number of rotatable bonds is 6. The maximum Gasteiger partial charge on any atom is 0.0772 e. The average molecular weight is 267 g/mol. The Morgan fingerprint density at radius 2 is 2.35 bits per heavy atom. The van der Waals surface area contributed by atoms with E-state index in [0.29, 0.717) is 6.04 Å². The van der Waals surface area contributed by atoms with Crippen LogP contribution in [-0.2, 0) is 6.42 Å². The Labute approximate surface area is 110 Å². The molecule has 5 heteroatoms. The third-order valence-corrected chi connectivity index (χ3v) is 4.34. The molecule has 2 rings (SSSR count). The van der Waals surface area contributed by atoms with Gasteiger partial charge in [-0.3, -0.25) is 0 Å². The van der Waals surface area contributed by atoms with Gasteiger partial charge in [0.05, 0.1) is 10.6 Å². The highest BCUT2D eigenvalue weighted by Crippen LogP contribution is 2.24. The van der Waals surface area contributed by atoms with Crippen LogP contribution in [0.5, 0.6) is 0 Å². The van der Waals surface area contributed by atoms with E-state index in [1.54, 1.807) is 11.3 Å². The third-order valence-electron chi connectivity index (χ3n) is 2.66. The normalized spacial score (nSPS) is 12.8. The van der Waals surface area contributed by atoms with Gasteiger partial charge in [0.25, 0.3) is 0 Å². The molecule has 0 aliphatic carbocycles. The monoisotopic (exact) mass is 267 g/mol. The van der Waals surface area contributed by atoms with Gasteiger partial charge in [-0.15, -0.1) is 5.10 Å². The molecular weight excluding hydrogens is 250 g/mol. The second kappa shape index (κ2) is 6.23. The molecule has 0 saturated carbocycles. The van der Waals surface area contributed by atoms with Crippen molar-refractivity contribution in [3.8, 4) is 0 Å². The first-order valence-corrected chi connectivity index (χ1v) is 7.56. The molecule has 0 saturated heterocycles. The van der Waals surface area contributed by atoms with Gasteiger partial charge in [0.1, 0.15) is 0 Å². The van der Waals surface area contributed by atoms with Crippen LogP contribution < -0.4 is 5.32 Å². The largest absolute Gasteiger partial charge is 0.309 e. The average Bonchev–Trinajstić information content (AvgIpc) is 2.95. The summed E-state index contributed by atoms with van der Waals surface area (Å²) in [7, 11) is 0. The van der Waals surface area contributed by atoms with E-state index in [2.05, 4.69) is 38.7 Å². The fourth-order valence-electron chi connectivity index (χ4n) is 1.78. The van der Waals surface area contributed by atoms with E-state index in [1.807, 2.05) is 6.92 Å². The molecule has 0 fully saturated rings. The second-order valence-electron chi connectivity index (χ2n) is 4.07. The molecule has 2 heterocycles. The van der Waals surface area contributed by atoms with Crippen molar-refractivity contribution < 1.29 is 0 Å². The lowest BCUT2D eigenvalue weighted by Crippen LogP contribution is -2.23. The minimum absolute atomic E-state index is 0.351. The summed E-state index contributed by atoms with van der Waals surface area (Å²) in [5.41, 5.74) is 2.44. The molecule has 3 nitrogen and oxygen atoms in total. The van der Waals surface area contributed by atoms with E-state index in [1.165, 1.54) is 22.0 Å². The lowest BCUT2D eigenvalue weighted by molar-refractivity contribution is 0.534. The Kier molecular flexibility index (Phi) is 4.65. The van der Waals surface area contributed by atoms with Crippen molar-refractivity contribution in [3.63, 3.8) is 0 Å². The van der Waals surface area contributed by atoms with Gasteiger partial charge in [-0.05, 0) is 60.2 Å². The Hall–Kier alpha value is -0.780. The zero-order valence-corrected chi connectivity index (χ0v) is 11.8. The van der Waals surface area contributed by atoms with E-state index in [0.717, 1.165) is 25.1 Å². The highest BCUT2D eigenvalue weighted by atomic mass is 32.1. The first-order valence-electron chi connectivity index (χ1n) is 5.84. The molecule has 92 valence electrons. The summed E-state index contributed by atoms with van der Waals surface area (Å²) in [4.78, 5) is 1.27. The van der Waals surface area contributed by atoms with Crippen LogP contribution in [0.25, 0.3) is 0 Å². The molecule has 0 aromatic carbocycles. The minimum Gasteiger partial charge on any atom is -0.309 e. The Balaban J connectivity index is 2.11. The first kappa shape index (κ1) is 12.7. The lowest BCUT2D eigenvalue weighted by Gasteiger charge is -2.16. The summed E-state index contributed by atoms with van der Waals surface area (Å²) in [5, 5.41) is 12.0. The fourth-order valence-corrected chi connectivity index (χ4v) is 3.18. The lowest BCUT2D eigenvalue weighted by atomic mass is 10.1. The summed E-state index contributed by atoms with van der Waals surface area (Å²) in [6.07, 6.45) is 2.17. The van der Waals surface area contributed by atoms with Crippen LogP contribution in [-0.4, -0.2) is 16.1 Å². The third kappa shape index (κ3) is 3.34. The van der Waals surface area contributed by atoms with Gasteiger partial charge >= 0.3 is 0 Å². The number of nitrogens with one attached hydrogen (secondary N) is 1. The molecule has 2 aromatic heterocycles. The molecule has 0 aliphatic rings. The van der Waals surface area contributed by atoms with E-state index in [4.69, 9.17) is 0 Å². The second-order valence-corrected chi connectivity index (χ2v) is 5.63. The number of nitrogens with zero attached hydrogens (tertiary/aromatic N) is 2. The van der Waals surface area contributed by atoms with Gasteiger partial charge in [0.2, 0.25) is 0 Å². The minimum atomic E-state index is 0.351. The molecule has 1 N–H and O–H groups in total. The topological polar surface area (TPSA) is 37.8 Å². The SMILES string of the molecule is CCCNC(Cc1ccsc1)c1snnc1C. The van der Waals surface area contributed by atoms with Gasteiger partial charge in [-0.1, -0.05) is 11.4 Å². The van der Waals surface area contributed by atoms with Crippen LogP contribution in [0.15, 0.2) is 16.8 Å². The zero-order valence-electron chi connectivity index (χ0n) is 10.1. The summed E-state index contributed by atoms with van der Waals surface area (Å²) >= 11 is 3.26. The van der Waals surface area contributed by atoms with Crippen LogP contribution in [0, 0.1) is 6.92 Å². The maximum absolute atomic E-state index is 4.11. The summed E-state index contributed by atoms with van der Waals surface area (Å²) in [6.45, 7) is 5.26. The predicted molar refractivity (Wildman–Crippen MR) is 73.7 cm³/mol. The van der Waals surface area contributed by atoms with Gasteiger partial charge in [0.15, 0.2) is 0 Å². The number of hydrogen-bond donors (Lipinski definition) is 1. The summed E-state index contributed by atoms with van der Waals surface area (Å²) in [6, 6.07) is 2.54. The molecule has 17 heavy (non-hydrogen) atoms. The van der Waals surface area contributed by atoms with Gasteiger partial charge in [-0.2, -0.15) is 11.3 Å². The predicted octanol–water partition coefficient (Wildman–Crippen LogP) is 3.19.